The predicted octanol–water partition coefficient (Wildman–Crippen LogP) is 3.74. The van der Waals surface area contributed by atoms with E-state index < -0.39 is 0 Å². The molecule has 0 radical (unpaired) electrons. The molecule has 0 saturated carbocycles. The van der Waals surface area contributed by atoms with E-state index in [0.29, 0.717) is 0 Å². The zero-order chi connectivity index (χ0) is 13.1. The van der Waals surface area contributed by atoms with E-state index in [1.165, 1.54) is 11.1 Å². The van der Waals surface area contributed by atoms with Crippen molar-refractivity contribution in [2.24, 2.45) is 0 Å². The Morgan fingerprint density at radius 2 is 1.74 bits per heavy atom. The maximum atomic E-state index is 5.96. The molecule has 0 fully saturated rings. The number of ether oxygens (including phenoxy) is 1. The first-order valence-electron chi connectivity index (χ1n) is 6.63. The van der Waals surface area contributed by atoms with Gasteiger partial charge in [0.05, 0.1) is 6.10 Å². The summed E-state index contributed by atoms with van der Waals surface area (Å²) in [5, 5.41) is 0. The van der Waals surface area contributed by atoms with Crippen molar-refractivity contribution in [2.75, 3.05) is 0 Å². The molecule has 3 rings (SSSR count). The summed E-state index contributed by atoms with van der Waals surface area (Å²) in [6.07, 6.45) is 1.09. The van der Waals surface area contributed by atoms with Gasteiger partial charge in [0.25, 0.3) is 0 Å². The second kappa shape index (κ2) is 5.30. The third-order valence-electron chi connectivity index (χ3n) is 3.33. The first-order chi connectivity index (χ1) is 9.33. The molecule has 0 aliphatic carbocycles. The molecule has 0 amide bonds. The third-order valence-corrected chi connectivity index (χ3v) is 3.33. The average Bonchev–Trinajstić information content (AvgIpc) is 2.45. The van der Waals surface area contributed by atoms with Crippen LogP contribution in [0.3, 0.4) is 0 Å². The van der Waals surface area contributed by atoms with Crippen LogP contribution in [0.1, 0.15) is 29.7 Å². The van der Waals surface area contributed by atoms with Gasteiger partial charge < -0.3 is 4.74 Å². The minimum Gasteiger partial charge on any atom is -0.358 e. The molecule has 0 aromatic heterocycles. The van der Waals surface area contributed by atoms with Crippen LogP contribution in [0.5, 0.6) is 0 Å². The number of benzene rings is 2. The highest BCUT2D eigenvalue weighted by molar-refractivity contribution is 5.40. The molecule has 1 nitrogen and oxygen atoms in total. The van der Waals surface area contributed by atoms with Gasteiger partial charge in [-0.05, 0) is 36.6 Å². The van der Waals surface area contributed by atoms with Gasteiger partial charge in [0, 0.05) is 5.56 Å². The Morgan fingerprint density at radius 1 is 1.00 bits per heavy atom. The molecule has 0 N–H and O–H groups in total. The van der Waals surface area contributed by atoms with Gasteiger partial charge in [-0.3, -0.25) is 0 Å². The van der Waals surface area contributed by atoms with E-state index in [9.17, 15) is 0 Å². The van der Waals surface area contributed by atoms with Gasteiger partial charge in [0.2, 0.25) is 0 Å². The van der Waals surface area contributed by atoms with E-state index in [1.54, 1.807) is 0 Å². The fourth-order valence-electron chi connectivity index (χ4n) is 2.42. The van der Waals surface area contributed by atoms with Crippen molar-refractivity contribution in [1.82, 2.24) is 0 Å². The summed E-state index contributed by atoms with van der Waals surface area (Å²) < 4.78 is 5.96. The summed E-state index contributed by atoms with van der Waals surface area (Å²) in [6, 6.07) is 18.5. The highest BCUT2D eigenvalue weighted by Crippen LogP contribution is 2.29. The van der Waals surface area contributed by atoms with Crippen LogP contribution >= 0.6 is 0 Å². The van der Waals surface area contributed by atoms with E-state index in [4.69, 9.17) is 4.74 Å². The number of rotatable bonds is 0. The summed E-state index contributed by atoms with van der Waals surface area (Å²) in [5.74, 6) is 6.45. The van der Waals surface area contributed by atoms with Crippen molar-refractivity contribution in [2.45, 2.75) is 25.6 Å². The van der Waals surface area contributed by atoms with E-state index in [-0.39, 0.29) is 12.2 Å². The van der Waals surface area contributed by atoms with Crippen molar-refractivity contribution >= 4 is 0 Å². The van der Waals surface area contributed by atoms with Crippen LogP contribution in [0.2, 0.25) is 0 Å². The Kier molecular flexibility index (Phi) is 3.35. The molecule has 0 spiro atoms. The van der Waals surface area contributed by atoms with Crippen molar-refractivity contribution in [3.05, 3.63) is 71.3 Å². The standard InChI is InChI=1S/C18H16O/c1-14-13-16-9-5-6-10-17(16)18(19-14)12-11-15-7-3-2-4-8-15/h2-10,14,18H,13H2,1H3/t14-,18-/m1/s1. The van der Waals surface area contributed by atoms with Crippen LogP contribution in [0.25, 0.3) is 0 Å². The third kappa shape index (κ3) is 2.70. The van der Waals surface area contributed by atoms with Gasteiger partial charge in [-0.15, -0.1) is 0 Å². The zero-order valence-electron chi connectivity index (χ0n) is 11.0. The lowest BCUT2D eigenvalue weighted by molar-refractivity contribution is 0.0167. The maximum absolute atomic E-state index is 5.96. The largest absolute Gasteiger partial charge is 0.358 e. The van der Waals surface area contributed by atoms with E-state index in [1.807, 2.05) is 30.3 Å². The van der Waals surface area contributed by atoms with E-state index in [0.717, 1.165) is 12.0 Å². The van der Waals surface area contributed by atoms with Crippen LogP contribution in [0.15, 0.2) is 54.6 Å². The molecule has 0 unspecified atom stereocenters. The molecule has 2 atom stereocenters. The highest BCUT2D eigenvalue weighted by atomic mass is 16.5. The van der Waals surface area contributed by atoms with Crippen LogP contribution in [-0.2, 0) is 11.2 Å². The minimum absolute atomic E-state index is 0.111. The second-order valence-corrected chi connectivity index (χ2v) is 4.87. The van der Waals surface area contributed by atoms with Crippen molar-refractivity contribution in [3.8, 4) is 11.8 Å². The van der Waals surface area contributed by atoms with Crippen molar-refractivity contribution in [1.29, 1.82) is 0 Å². The summed E-state index contributed by atoms with van der Waals surface area (Å²) in [7, 11) is 0. The fourth-order valence-corrected chi connectivity index (χ4v) is 2.42. The molecule has 2 aromatic carbocycles. The smallest absolute Gasteiger partial charge is 0.144 e. The molecule has 1 aliphatic heterocycles. The molecule has 94 valence electrons. The molecule has 0 bridgehead atoms. The van der Waals surface area contributed by atoms with Crippen molar-refractivity contribution in [3.63, 3.8) is 0 Å². The molecule has 1 heteroatoms. The molecular formula is C18H16O. The minimum atomic E-state index is -0.111. The van der Waals surface area contributed by atoms with Crippen LogP contribution < -0.4 is 0 Å². The Hall–Kier alpha value is -2.04. The Morgan fingerprint density at radius 3 is 2.58 bits per heavy atom. The van der Waals surface area contributed by atoms with Gasteiger partial charge in [-0.1, -0.05) is 54.3 Å². The molecule has 1 aliphatic rings. The first-order valence-corrected chi connectivity index (χ1v) is 6.63. The van der Waals surface area contributed by atoms with Crippen molar-refractivity contribution < 1.29 is 4.74 Å². The van der Waals surface area contributed by atoms with Gasteiger partial charge in [0.15, 0.2) is 0 Å². The highest BCUT2D eigenvalue weighted by Gasteiger charge is 2.22. The number of hydrogen-bond acceptors (Lipinski definition) is 1. The summed E-state index contributed by atoms with van der Waals surface area (Å²) in [6.45, 7) is 2.10. The zero-order valence-corrected chi connectivity index (χ0v) is 11.0. The Labute approximate surface area is 114 Å². The second-order valence-electron chi connectivity index (χ2n) is 4.87. The molecule has 19 heavy (non-hydrogen) atoms. The van der Waals surface area contributed by atoms with Crippen LogP contribution in [0.4, 0.5) is 0 Å². The first kappa shape index (κ1) is 12.0. The molecule has 0 saturated heterocycles. The van der Waals surface area contributed by atoms with Crippen LogP contribution in [0, 0.1) is 11.8 Å². The number of fused-ring (bicyclic) bond motifs is 1. The topological polar surface area (TPSA) is 9.23 Å². The SMILES string of the molecule is C[C@@H]1Cc2ccccc2[C@@H](C#Cc2ccccc2)O1. The normalized spacial score (nSPS) is 21.1. The lowest BCUT2D eigenvalue weighted by Gasteiger charge is -2.27. The average molecular weight is 248 g/mol. The van der Waals surface area contributed by atoms with E-state index >= 15 is 0 Å². The summed E-state index contributed by atoms with van der Waals surface area (Å²) in [4.78, 5) is 0. The van der Waals surface area contributed by atoms with Gasteiger partial charge in [-0.2, -0.15) is 0 Å². The fraction of sp³-hybridized carbons (Fsp3) is 0.222. The number of hydrogen-bond donors (Lipinski definition) is 0. The quantitative estimate of drug-likeness (QED) is 0.645. The molecular weight excluding hydrogens is 232 g/mol. The molecule has 2 aromatic rings. The van der Waals surface area contributed by atoms with Crippen LogP contribution in [-0.4, -0.2) is 6.10 Å². The summed E-state index contributed by atoms with van der Waals surface area (Å²) >= 11 is 0. The van der Waals surface area contributed by atoms with Gasteiger partial charge >= 0.3 is 0 Å². The molecule has 1 heterocycles. The van der Waals surface area contributed by atoms with Gasteiger partial charge in [0.1, 0.15) is 6.10 Å². The lowest BCUT2D eigenvalue weighted by Crippen LogP contribution is -2.22. The Bertz CT molecular complexity index is 619. The maximum Gasteiger partial charge on any atom is 0.144 e. The van der Waals surface area contributed by atoms with Gasteiger partial charge in [-0.25, -0.2) is 0 Å². The van der Waals surface area contributed by atoms with E-state index in [2.05, 4.69) is 43.0 Å². The predicted molar refractivity (Wildman–Crippen MR) is 76.8 cm³/mol. The lowest BCUT2D eigenvalue weighted by atomic mass is 9.95. The Balaban J connectivity index is 1.92. The summed E-state index contributed by atoms with van der Waals surface area (Å²) in [5.41, 5.74) is 3.60. The monoisotopic (exact) mass is 248 g/mol.